The van der Waals surface area contributed by atoms with E-state index < -0.39 is 48.7 Å². The molecule has 3 amide bonds. The Morgan fingerprint density at radius 3 is 1.87 bits per heavy atom. The van der Waals surface area contributed by atoms with Gasteiger partial charge in [-0.2, -0.15) is 0 Å². The van der Waals surface area contributed by atoms with Gasteiger partial charge in [0.1, 0.15) is 18.3 Å². The van der Waals surface area contributed by atoms with Gasteiger partial charge in [-0.25, -0.2) is 4.90 Å². The van der Waals surface area contributed by atoms with Crippen molar-refractivity contribution in [1.82, 2.24) is 4.90 Å². The first-order chi connectivity index (χ1) is 10.8. The van der Waals surface area contributed by atoms with Crippen LogP contribution in [0.2, 0.25) is 0 Å². The Hall–Kier alpha value is -2.17. The third-order valence-corrected chi connectivity index (χ3v) is 3.52. The smallest absolute Gasteiger partial charge is 0.268 e. The highest BCUT2D eigenvalue weighted by molar-refractivity contribution is 6.29. The summed E-state index contributed by atoms with van der Waals surface area (Å²) in [5.74, 6) is -3.36. The van der Waals surface area contributed by atoms with Crippen molar-refractivity contribution in [3.05, 3.63) is 35.4 Å². The highest BCUT2D eigenvalue weighted by atomic mass is 16.4. The zero-order chi connectivity index (χ0) is 17.3. The Labute approximate surface area is 130 Å². The van der Waals surface area contributed by atoms with Gasteiger partial charge in [-0.05, 0) is 12.1 Å². The van der Waals surface area contributed by atoms with E-state index in [1.165, 1.54) is 24.3 Å². The van der Waals surface area contributed by atoms with Crippen molar-refractivity contribution in [1.29, 1.82) is 0 Å². The molecular formula is C14H15NO8. The summed E-state index contributed by atoms with van der Waals surface area (Å²) in [6, 6.07) is 5.64. The molecule has 0 fully saturated rings. The molecule has 23 heavy (non-hydrogen) atoms. The number of aliphatic hydroxyl groups is 5. The van der Waals surface area contributed by atoms with Crippen LogP contribution in [0.4, 0.5) is 0 Å². The van der Waals surface area contributed by atoms with Crippen molar-refractivity contribution in [2.45, 2.75) is 24.4 Å². The summed E-state index contributed by atoms with van der Waals surface area (Å²) in [7, 11) is 0. The molecule has 124 valence electrons. The SMILES string of the molecule is O=C1c2ccccc2C(=O)N1C(=O)[C@H](O)[C@@H](O)[C@H](O)[C@H](O)CO. The topological polar surface area (TPSA) is 156 Å². The van der Waals surface area contributed by atoms with Crippen molar-refractivity contribution >= 4 is 17.7 Å². The normalized spacial score (nSPS) is 19.3. The summed E-state index contributed by atoms with van der Waals surface area (Å²) in [5, 5.41) is 46.8. The van der Waals surface area contributed by atoms with Crippen molar-refractivity contribution in [3.63, 3.8) is 0 Å². The van der Waals surface area contributed by atoms with E-state index in [1.807, 2.05) is 0 Å². The van der Waals surface area contributed by atoms with E-state index >= 15 is 0 Å². The maximum atomic E-state index is 12.1. The lowest BCUT2D eigenvalue weighted by Crippen LogP contribution is -2.53. The molecule has 5 N–H and O–H groups in total. The molecule has 1 aromatic rings. The van der Waals surface area contributed by atoms with Gasteiger partial charge in [0.2, 0.25) is 0 Å². The van der Waals surface area contributed by atoms with Gasteiger partial charge in [0.05, 0.1) is 17.7 Å². The molecule has 1 heterocycles. The predicted octanol–water partition coefficient (Wildman–Crippen LogP) is -2.75. The van der Waals surface area contributed by atoms with Crippen LogP contribution in [0.5, 0.6) is 0 Å². The molecule has 1 aromatic carbocycles. The van der Waals surface area contributed by atoms with Crippen LogP contribution >= 0.6 is 0 Å². The van der Waals surface area contributed by atoms with Crippen molar-refractivity contribution in [3.8, 4) is 0 Å². The van der Waals surface area contributed by atoms with Gasteiger partial charge in [0, 0.05) is 0 Å². The first-order valence-corrected chi connectivity index (χ1v) is 6.66. The van der Waals surface area contributed by atoms with Crippen LogP contribution < -0.4 is 0 Å². The molecule has 0 radical (unpaired) electrons. The second kappa shape index (κ2) is 6.52. The molecule has 0 bridgehead atoms. The van der Waals surface area contributed by atoms with E-state index in [0.29, 0.717) is 0 Å². The van der Waals surface area contributed by atoms with Gasteiger partial charge >= 0.3 is 0 Å². The number of hydrogen-bond donors (Lipinski definition) is 5. The molecule has 0 aliphatic carbocycles. The number of carbonyl (C=O) groups is 3. The summed E-state index contributed by atoms with van der Waals surface area (Å²) in [4.78, 5) is 36.4. The summed E-state index contributed by atoms with van der Waals surface area (Å²) < 4.78 is 0. The van der Waals surface area contributed by atoms with E-state index in [-0.39, 0.29) is 16.0 Å². The molecule has 0 saturated heterocycles. The minimum Gasteiger partial charge on any atom is -0.394 e. The lowest BCUT2D eigenvalue weighted by Gasteiger charge is -2.26. The van der Waals surface area contributed by atoms with Crippen LogP contribution in [0.1, 0.15) is 20.7 Å². The molecular weight excluding hydrogens is 310 g/mol. The van der Waals surface area contributed by atoms with Gasteiger partial charge in [0.25, 0.3) is 17.7 Å². The van der Waals surface area contributed by atoms with E-state index in [2.05, 4.69) is 0 Å². The molecule has 9 nitrogen and oxygen atoms in total. The largest absolute Gasteiger partial charge is 0.394 e. The van der Waals surface area contributed by atoms with Crippen LogP contribution in [-0.2, 0) is 4.79 Å². The zero-order valence-electron chi connectivity index (χ0n) is 11.7. The molecule has 9 heteroatoms. The summed E-state index contributed by atoms with van der Waals surface area (Å²) in [6.45, 7) is -0.924. The lowest BCUT2D eigenvalue weighted by molar-refractivity contribution is -0.153. The maximum Gasteiger partial charge on any atom is 0.268 e. The fourth-order valence-electron chi connectivity index (χ4n) is 2.19. The number of hydrogen-bond acceptors (Lipinski definition) is 8. The average Bonchev–Trinajstić information content (AvgIpc) is 2.83. The molecule has 1 aliphatic rings. The third kappa shape index (κ3) is 2.87. The first kappa shape index (κ1) is 17.2. The fraction of sp³-hybridized carbons (Fsp3) is 0.357. The Morgan fingerprint density at radius 1 is 0.957 bits per heavy atom. The Bertz CT molecular complexity index is 610. The Balaban J connectivity index is 2.21. The maximum absolute atomic E-state index is 12.1. The van der Waals surface area contributed by atoms with Crippen LogP contribution in [0.25, 0.3) is 0 Å². The minimum absolute atomic E-state index is 0.0246. The van der Waals surface area contributed by atoms with E-state index in [0.717, 1.165) is 0 Å². The number of imide groups is 3. The van der Waals surface area contributed by atoms with E-state index in [1.54, 1.807) is 0 Å². The summed E-state index contributed by atoms with van der Waals surface area (Å²) >= 11 is 0. The van der Waals surface area contributed by atoms with Crippen LogP contribution in [0.3, 0.4) is 0 Å². The third-order valence-electron chi connectivity index (χ3n) is 3.52. The van der Waals surface area contributed by atoms with Crippen LogP contribution in [-0.4, -0.2) is 79.2 Å². The van der Waals surface area contributed by atoms with Gasteiger partial charge in [0.15, 0.2) is 6.10 Å². The minimum atomic E-state index is -2.34. The molecule has 0 unspecified atom stereocenters. The molecule has 0 spiro atoms. The number of carbonyl (C=O) groups excluding carboxylic acids is 3. The number of aliphatic hydroxyl groups excluding tert-OH is 5. The van der Waals surface area contributed by atoms with Gasteiger partial charge in [-0.15, -0.1) is 0 Å². The highest BCUT2D eigenvalue weighted by Gasteiger charge is 2.45. The Morgan fingerprint density at radius 2 is 1.43 bits per heavy atom. The van der Waals surface area contributed by atoms with Crippen molar-refractivity contribution in [2.75, 3.05) is 6.61 Å². The zero-order valence-corrected chi connectivity index (χ0v) is 11.7. The monoisotopic (exact) mass is 325 g/mol. The number of nitrogens with zero attached hydrogens (tertiary/aromatic N) is 1. The predicted molar refractivity (Wildman–Crippen MR) is 73.1 cm³/mol. The number of rotatable bonds is 5. The lowest BCUT2D eigenvalue weighted by atomic mass is 10.0. The number of fused-ring (bicyclic) bond motifs is 1. The molecule has 4 atom stereocenters. The summed E-state index contributed by atoms with van der Waals surface area (Å²) in [5.41, 5.74) is -0.0491. The fourth-order valence-corrected chi connectivity index (χ4v) is 2.19. The Kier molecular flexibility index (Phi) is 4.88. The summed E-state index contributed by atoms with van der Waals surface area (Å²) in [6.07, 6.45) is -8.40. The molecule has 1 aliphatic heterocycles. The standard InChI is InChI=1S/C14H15NO8/c16-5-8(17)9(18)10(19)11(20)14(23)15-12(21)6-3-1-2-4-7(6)13(15)22/h1-4,8-11,16-20H,5H2/t8-,9-,10+,11-/m1/s1. The molecule has 0 aromatic heterocycles. The average molecular weight is 325 g/mol. The quantitative estimate of drug-likeness (QED) is 0.365. The highest BCUT2D eigenvalue weighted by Crippen LogP contribution is 2.23. The van der Waals surface area contributed by atoms with Crippen molar-refractivity contribution in [2.24, 2.45) is 0 Å². The van der Waals surface area contributed by atoms with Crippen molar-refractivity contribution < 1.29 is 39.9 Å². The second-order valence-electron chi connectivity index (χ2n) is 5.01. The van der Waals surface area contributed by atoms with Crippen LogP contribution in [0.15, 0.2) is 24.3 Å². The molecule has 2 rings (SSSR count). The number of amides is 3. The van der Waals surface area contributed by atoms with Gasteiger partial charge in [-0.1, -0.05) is 12.1 Å². The number of benzene rings is 1. The van der Waals surface area contributed by atoms with E-state index in [4.69, 9.17) is 5.11 Å². The second-order valence-corrected chi connectivity index (χ2v) is 5.01. The van der Waals surface area contributed by atoms with Gasteiger partial charge < -0.3 is 25.5 Å². The first-order valence-electron chi connectivity index (χ1n) is 6.66. The molecule has 0 saturated carbocycles. The van der Waals surface area contributed by atoms with Crippen LogP contribution in [0, 0.1) is 0 Å². The van der Waals surface area contributed by atoms with Gasteiger partial charge in [-0.3, -0.25) is 14.4 Å². The van der Waals surface area contributed by atoms with E-state index in [9.17, 15) is 34.8 Å².